The van der Waals surface area contributed by atoms with Gasteiger partial charge in [0.15, 0.2) is 0 Å². The average Bonchev–Trinajstić information content (AvgIpc) is 2.55. The number of aromatic nitrogens is 3. The molecule has 0 unspecified atom stereocenters. The molecule has 3 nitrogen and oxygen atoms in total. The molecule has 20 heavy (non-hydrogen) atoms. The molecule has 0 aliphatic carbocycles. The van der Waals surface area contributed by atoms with Gasteiger partial charge in [-0.25, -0.2) is 0 Å². The predicted octanol–water partition coefficient (Wildman–Crippen LogP) is 4.10. The molecule has 98 valence electrons. The fourth-order valence-corrected chi connectivity index (χ4v) is 2.80. The van der Waals surface area contributed by atoms with Crippen molar-refractivity contribution in [2.24, 2.45) is 0 Å². The van der Waals surface area contributed by atoms with Gasteiger partial charge < -0.3 is 0 Å². The summed E-state index contributed by atoms with van der Waals surface area (Å²) in [4.78, 5) is 12.5. The van der Waals surface area contributed by atoms with E-state index in [-0.39, 0.29) is 0 Å². The summed E-state index contributed by atoms with van der Waals surface area (Å²) in [6.45, 7) is 0. The Labute approximate surface area is 125 Å². The first-order valence-corrected chi connectivity index (χ1v) is 7.36. The predicted molar refractivity (Wildman–Crippen MR) is 83.3 cm³/mol. The first-order chi connectivity index (χ1) is 9.90. The fraction of sp³-hybridized carbons (Fsp3) is 0.0625. The number of alkyl halides is 1. The second-order valence-corrected chi connectivity index (χ2v) is 4.88. The van der Waals surface area contributed by atoms with E-state index >= 15 is 0 Å². The zero-order valence-corrected chi connectivity index (χ0v) is 12.3. The minimum Gasteiger partial charge on any atom is -0.265 e. The van der Waals surface area contributed by atoms with Crippen LogP contribution in [0.3, 0.4) is 0 Å². The monoisotopic (exact) mass is 325 g/mol. The highest BCUT2D eigenvalue weighted by Gasteiger charge is 2.11. The topological polar surface area (TPSA) is 38.7 Å². The van der Waals surface area contributed by atoms with Crippen LogP contribution in [0.1, 0.15) is 5.56 Å². The number of rotatable bonds is 3. The molecular weight excluding hydrogens is 314 g/mol. The number of hydrogen-bond donors (Lipinski definition) is 0. The van der Waals surface area contributed by atoms with E-state index in [1.807, 2.05) is 36.7 Å². The minimum atomic E-state index is 0.769. The molecule has 3 heterocycles. The first kappa shape index (κ1) is 12.9. The minimum absolute atomic E-state index is 0.769. The van der Waals surface area contributed by atoms with E-state index in [4.69, 9.17) is 0 Å². The lowest BCUT2D eigenvalue weighted by Crippen LogP contribution is -1.93. The van der Waals surface area contributed by atoms with Crippen molar-refractivity contribution in [3.63, 3.8) is 0 Å². The molecular formula is C16H12BrN3. The molecule has 0 N–H and O–H groups in total. The van der Waals surface area contributed by atoms with Crippen molar-refractivity contribution in [3.05, 3.63) is 67.0 Å². The summed E-state index contributed by atoms with van der Waals surface area (Å²) in [6.07, 6.45) is 11.0. The van der Waals surface area contributed by atoms with Crippen molar-refractivity contribution >= 4 is 15.9 Å². The van der Waals surface area contributed by atoms with Crippen molar-refractivity contribution in [2.45, 2.75) is 5.33 Å². The van der Waals surface area contributed by atoms with Gasteiger partial charge in [0.25, 0.3) is 0 Å². The van der Waals surface area contributed by atoms with E-state index in [1.165, 1.54) is 5.56 Å². The fourth-order valence-electron chi connectivity index (χ4n) is 2.19. The molecule has 0 aromatic carbocycles. The molecule has 0 amide bonds. The molecule has 0 spiro atoms. The van der Waals surface area contributed by atoms with Crippen LogP contribution in [0, 0.1) is 0 Å². The maximum Gasteiger partial charge on any atom is 0.0349 e. The van der Waals surface area contributed by atoms with Gasteiger partial charge in [0.2, 0.25) is 0 Å². The third kappa shape index (κ3) is 2.47. The largest absolute Gasteiger partial charge is 0.265 e. The highest BCUT2D eigenvalue weighted by molar-refractivity contribution is 9.08. The van der Waals surface area contributed by atoms with Crippen molar-refractivity contribution < 1.29 is 0 Å². The summed E-state index contributed by atoms with van der Waals surface area (Å²) in [5, 5.41) is 0.769. The second-order valence-electron chi connectivity index (χ2n) is 4.32. The van der Waals surface area contributed by atoms with Crippen LogP contribution in [0.15, 0.2) is 61.4 Å². The zero-order valence-electron chi connectivity index (χ0n) is 10.7. The standard InChI is InChI=1S/C16H12BrN3/c17-9-14-15(12-1-5-18-6-2-12)10-20-11-16(14)13-3-7-19-8-4-13/h1-8,10-11H,9H2. The van der Waals surface area contributed by atoms with Crippen LogP contribution in [0.4, 0.5) is 0 Å². The number of hydrogen-bond acceptors (Lipinski definition) is 3. The number of nitrogens with zero attached hydrogens (tertiary/aromatic N) is 3. The van der Waals surface area contributed by atoms with Crippen molar-refractivity contribution in [2.75, 3.05) is 0 Å². The summed E-state index contributed by atoms with van der Waals surface area (Å²) in [7, 11) is 0. The van der Waals surface area contributed by atoms with Gasteiger partial charge in [0.05, 0.1) is 0 Å². The Morgan fingerprint density at radius 3 is 1.55 bits per heavy atom. The first-order valence-electron chi connectivity index (χ1n) is 6.24. The summed E-state index contributed by atoms with van der Waals surface area (Å²) in [5.41, 5.74) is 5.71. The Kier molecular flexibility index (Phi) is 3.83. The molecule has 4 heteroatoms. The zero-order chi connectivity index (χ0) is 13.8. The van der Waals surface area contributed by atoms with E-state index in [1.54, 1.807) is 24.8 Å². The molecule has 0 aliphatic heterocycles. The number of halogens is 1. The summed E-state index contributed by atoms with van der Waals surface area (Å²) in [6, 6.07) is 8.00. The van der Waals surface area contributed by atoms with Gasteiger partial charge in [-0.3, -0.25) is 15.0 Å². The molecule has 3 rings (SSSR count). The Balaban J connectivity index is 2.19. The summed E-state index contributed by atoms with van der Waals surface area (Å²) < 4.78 is 0. The van der Waals surface area contributed by atoms with Gasteiger partial charge in [-0.05, 0) is 41.0 Å². The summed E-state index contributed by atoms with van der Waals surface area (Å²) >= 11 is 3.59. The van der Waals surface area contributed by atoms with E-state index in [2.05, 4.69) is 30.9 Å². The Morgan fingerprint density at radius 2 is 1.15 bits per heavy atom. The third-order valence-corrected chi connectivity index (χ3v) is 3.73. The highest BCUT2D eigenvalue weighted by atomic mass is 79.9. The van der Waals surface area contributed by atoms with E-state index in [0.717, 1.165) is 27.6 Å². The molecule has 0 aliphatic rings. The van der Waals surface area contributed by atoms with Gasteiger partial charge in [-0.15, -0.1) is 0 Å². The van der Waals surface area contributed by atoms with E-state index in [9.17, 15) is 0 Å². The number of pyridine rings is 3. The summed E-state index contributed by atoms with van der Waals surface area (Å²) in [5.74, 6) is 0. The normalized spacial score (nSPS) is 10.4. The van der Waals surface area contributed by atoms with E-state index < -0.39 is 0 Å². The van der Waals surface area contributed by atoms with Crippen LogP contribution < -0.4 is 0 Å². The van der Waals surface area contributed by atoms with Crippen molar-refractivity contribution in [3.8, 4) is 22.3 Å². The smallest absolute Gasteiger partial charge is 0.0349 e. The van der Waals surface area contributed by atoms with Crippen LogP contribution in [-0.2, 0) is 5.33 Å². The van der Waals surface area contributed by atoms with Gasteiger partial charge in [0.1, 0.15) is 0 Å². The lowest BCUT2D eigenvalue weighted by atomic mass is 9.96. The highest BCUT2D eigenvalue weighted by Crippen LogP contribution is 2.32. The van der Waals surface area contributed by atoms with Crippen molar-refractivity contribution in [1.82, 2.24) is 15.0 Å². The average molecular weight is 326 g/mol. The lowest BCUT2D eigenvalue weighted by Gasteiger charge is -2.12. The van der Waals surface area contributed by atoms with Crippen LogP contribution in [0.5, 0.6) is 0 Å². The molecule has 3 aromatic heterocycles. The van der Waals surface area contributed by atoms with Gasteiger partial charge in [-0.1, -0.05) is 15.9 Å². The van der Waals surface area contributed by atoms with Crippen molar-refractivity contribution in [1.29, 1.82) is 0 Å². The van der Waals surface area contributed by atoms with Crippen LogP contribution in [-0.4, -0.2) is 15.0 Å². The van der Waals surface area contributed by atoms with E-state index in [0.29, 0.717) is 0 Å². The quantitative estimate of drug-likeness (QED) is 0.680. The third-order valence-electron chi connectivity index (χ3n) is 3.17. The lowest BCUT2D eigenvalue weighted by molar-refractivity contribution is 1.26. The van der Waals surface area contributed by atoms with Crippen LogP contribution in [0.25, 0.3) is 22.3 Å². The molecule has 0 fully saturated rings. The molecule has 0 radical (unpaired) electrons. The Bertz CT molecular complexity index is 642. The molecule has 0 saturated carbocycles. The van der Waals surface area contributed by atoms with Crippen LogP contribution >= 0.6 is 15.9 Å². The second kappa shape index (κ2) is 5.92. The molecule has 0 saturated heterocycles. The molecule has 0 bridgehead atoms. The Morgan fingerprint density at radius 1 is 0.700 bits per heavy atom. The molecule has 3 aromatic rings. The Hall–Kier alpha value is -2.07. The maximum absolute atomic E-state index is 4.38. The van der Waals surface area contributed by atoms with Gasteiger partial charge in [0, 0.05) is 53.6 Å². The molecule has 0 atom stereocenters. The van der Waals surface area contributed by atoms with Gasteiger partial charge in [-0.2, -0.15) is 0 Å². The maximum atomic E-state index is 4.38. The SMILES string of the molecule is BrCc1c(-c2ccncc2)cncc1-c1ccncc1. The van der Waals surface area contributed by atoms with Crippen LogP contribution in [0.2, 0.25) is 0 Å². The van der Waals surface area contributed by atoms with Gasteiger partial charge >= 0.3 is 0 Å².